The van der Waals surface area contributed by atoms with Gasteiger partial charge in [-0.1, -0.05) is 12.8 Å². The summed E-state index contributed by atoms with van der Waals surface area (Å²) in [5, 5.41) is 10.9. The van der Waals surface area contributed by atoms with Gasteiger partial charge in [-0.05, 0) is 12.8 Å². The van der Waals surface area contributed by atoms with Gasteiger partial charge >= 0.3 is 12.4 Å². The van der Waals surface area contributed by atoms with Crippen LogP contribution in [0.4, 0.5) is 8.78 Å². The Balaban J connectivity index is 2.57. The number of carboxylic acids is 1. The van der Waals surface area contributed by atoms with Crippen molar-refractivity contribution in [2.75, 3.05) is 0 Å². The van der Waals surface area contributed by atoms with Crippen LogP contribution in [-0.4, -0.2) is 29.5 Å². The lowest BCUT2D eigenvalue weighted by molar-refractivity contribution is -0.144. The topological polar surface area (TPSA) is 66.4 Å². The minimum absolute atomic E-state index is 0.434. The van der Waals surface area contributed by atoms with Crippen LogP contribution in [0.15, 0.2) is 0 Å². The van der Waals surface area contributed by atoms with Crippen molar-refractivity contribution < 1.29 is 23.5 Å². The van der Waals surface area contributed by atoms with Crippen LogP contribution in [0.1, 0.15) is 25.7 Å². The number of carbonyl (C=O) groups is 2. The maximum absolute atomic E-state index is 12.0. The van der Waals surface area contributed by atoms with Gasteiger partial charge in [0, 0.05) is 6.04 Å². The monoisotopic (exact) mass is 221 g/mol. The van der Waals surface area contributed by atoms with Gasteiger partial charge in [-0.3, -0.25) is 9.59 Å². The van der Waals surface area contributed by atoms with E-state index in [1.54, 1.807) is 0 Å². The Morgan fingerprint density at radius 2 is 1.87 bits per heavy atom. The van der Waals surface area contributed by atoms with Gasteiger partial charge in [0.05, 0.1) is 5.92 Å². The van der Waals surface area contributed by atoms with E-state index < -0.39 is 30.3 Å². The molecule has 86 valence electrons. The molecule has 0 saturated heterocycles. The number of nitrogens with one attached hydrogen (secondary N) is 1. The van der Waals surface area contributed by atoms with Gasteiger partial charge in [0.1, 0.15) is 0 Å². The lowest BCUT2D eigenvalue weighted by atomic mass is 9.84. The molecule has 1 saturated carbocycles. The Kier molecular flexibility index (Phi) is 3.99. The highest BCUT2D eigenvalue weighted by Crippen LogP contribution is 2.24. The van der Waals surface area contributed by atoms with Crippen molar-refractivity contribution in [3.8, 4) is 0 Å². The van der Waals surface area contributed by atoms with Crippen molar-refractivity contribution >= 4 is 11.9 Å². The highest BCUT2D eigenvalue weighted by Gasteiger charge is 2.33. The van der Waals surface area contributed by atoms with E-state index in [2.05, 4.69) is 5.32 Å². The average molecular weight is 221 g/mol. The summed E-state index contributed by atoms with van der Waals surface area (Å²) in [7, 11) is 0. The molecule has 2 atom stereocenters. The molecule has 1 aliphatic rings. The van der Waals surface area contributed by atoms with Crippen molar-refractivity contribution in [1.29, 1.82) is 0 Å². The van der Waals surface area contributed by atoms with Crippen LogP contribution >= 0.6 is 0 Å². The van der Waals surface area contributed by atoms with E-state index in [0.717, 1.165) is 12.8 Å². The zero-order valence-corrected chi connectivity index (χ0v) is 8.08. The third kappa shape index (κ3) is 3.14. The third-order valence-electron chi connectivity index (χ3n) is 2.61. The van der Waals surface area contributed by atoms with Gasteiger partial charge in [-0.25, -0.2) is 0 Å². The van der Waals surface area contributed by atoms with Crippen molar-refractivity contribution in [3.63, 3.8) is 0 Å². The molecular formula is C9H13F2NO3. The summed E-state index contributed by atoms with van der Waals surface area (Å²) in [6.07, 6.45) is -0.670. The van der Waals surface area contributed by atoms with Crippen molar-refractivity contribution in [1.82, 2.24) is 5.32 Å². The average Bonchev–Trinajstić information content (AvgIpc) is 2.18. The molecule has 0 radical (unpaired) electrons. The number of aliphatic carboxylic acids is 1. The fourth-order valence-electron chi connectivity index (χ4n) is 1.84. The summed E-state index contributed by atoms with van der Waals surface area (Å²) < 4.78 is 23.9. The minimum Gasteiger partial charge on any atom is -0.481 e. The number of hydrogen-bond acceptors (Lipinski definition) is 2. The predicted octanol–water partition coefficient (Wildman–Crippen LogP) is 1.01. The van der Waals surface area contributed by atoms with E-state index >= 15 is 0 Å². The van der Waals surface area contributed by atoms with Crippen LogP contribution in [0, 0.1) is 5.92 Å². The van der Waals surface area contributed by atoms with E-state index in [4.69, 9.17) is 5.11 Å². The number of rotatable bonds is 3. The maximum Gasteiger partial charge on any atom is 0.315 e. The third-order valence-corrected chi connectivity index (χ3v) is 2.61. The minimum atomic E-state index is -3.08. The van der Waals surface area contributed by atoms with Gasteiger partial charge < -0.3 is 10.4 Å². The largest absolute Gasteiger partial charge is 0.481 e. The predicted molar refractivity (Wildman–Crippen MR) is 47.5 cm³/mol. The van der Waals surface area contributed by atoms with E-state index in [1.165, 1.54) is 0 Å². The first-order valence-electron chi connectivity index (χ1n) is 4.83. The lowest BCUT2D eigenvalue weighted by Gasteiger charge is -2.29. The first-order chi connectivity index (χ1) is 7.02. The Morgan fingerprint density at radius 3 is 2.40 bits per heavy atom. The van der Waals surface area contributed by atoms with E-state index in [-0.39, 0.29) is 0 Å². The highest BCUT2D eigenvalue weighted by atomic mass is 19.3. The molecule has 15 heavy (non-hydrogen) atoms. The Labute approximate surface area is 85.7 Å². The summed E-state index contributed by atoms with van der Waals surface area (Å²) in [5.74, 6) is -3.15. The van der Waals surface area contributed by atoms with Crippen molar-refractivity contribution in [2.45, 2.75) is 38.2 Å². The SMILES string of the molecule is O=C(NC1CCCCC1C(=O)O)C(F)F. The molecule has 0 heterocycles. The zero-order valence-electron chi connectivity index (χ0n) is 8.08. The van der Waals surface area contributed by atoms with Crippen molar-refractivity contribution in [2.24, 2.45) is 5.92 Å². The molecule has 0 aliphatic heterocycles. The summed E-state index contributed by atoms with van der Waals surface area (Å²) in [5.41, 5.74) is 0. The van der Waals surface area contributed by atoms with Gasteiger partial charge in [-0.2, -0.15) is 8.78 Å². The number of carboxylic acid groups (broad SMARTS) is 1. The quantitative estimate of drug-likeness (QED) is 0.747. The van der Waals surface area contributed by atoms with Gasteiger partial charge in [-0.15, -0.1) is 0 Å². The highest BCUT2D eigenvalue weighted by molar-refractivity contribution is 5.80. The first-order valence-corrected chi connectivity index (χ1v) is 4.83. The fourth-order valence-corrected chi connectivity index (χ4v) is 1.84. The summed E-state index contributed by atoms with van der Waals surface area (Å²) >= 11 is 0. The van der Waals surface area contributed by atoms with Gasteiger partial charge in [0.25, 0.3) is 5.91 Å². The molecule has 0 aromatic heterocycles. The van der Waals surface area contributed by atoms with Crippen LogP contribution in [0.2, 0.25) is 0 Å². The number of amides is 1. The van der Waals surface area contributed by atoms with Crippen LogP contribution in [0.3, 0.4) is 0 Å². The lowest BCUT2D eigenvalue weighted by Crippen LogP contribution is -2.47. The fraction of sp³-hybridized carbons (Fsp3) is 0.778. The second-order valence-corrected chi connectivity index (χ2v) is 3.64. The molecule has 0 aromatic rings. The van der Waals surface area contributed by atoms with Crippen LogP contribution < -0.4 is 5.32 Å². The van der Waals surface area contributed by atoms with Crippen molar-refractivity contribution in [3.05, 3.63) is 0 Å². The Hall–Kier alpha value is -1.20. The second-order valence-electron chi connectivity index (χ2n) is 3.64. The first kappa shape index (κ1) is 11.9. The summed E-state index contributed by atoms with van der Waals surface area (Å²) in [6.45, 7) is 0. The smallest absolute Gasteiger partial charge is 0.315 e. The normalized spacial score (nSPS) is 26.3. The van der Waals surface area contributed by atoms with E-state index in [0.29, 0.717) is 12.8 Å². The van der Waals surface area contributed by atoms with Crippen LogP contribution in [0.5, 0.6) is 0 Å². The van der Waals surface area contributed by atoms with Gasteiger partial charge in [0.2, 0.25) is 0 Å². The van der Waals surface area contributed by atoms with E-state index in [9.17, 15) is 18.4 Å². The number of halogens is 2. The molecular weight excluding hydrogens is 208 g/mol. The molecule has 1 fully saturated rings. The second kappa shape index (κ2) is 5.04. The standard InChI is InChI=1S/C9H13F2NO3/c10-7(11)8(13)12-6-4-2-1-3-5(6)9(14)15/h5-7H,1-4H2,(H,12,13)(H,14,15). The Bertz CT molecular complexity index is 258. The molecule has 0 spiro atoms. The van der Waals surface area contributed by atoms with E-state index in [1.807, 2.05) is 0 Å². The van der Waals surface area contributed by atoms with Crippen LogP contribution in [0.25, 0.3) is 0 Å². The molecule has 1 rings (SSSR count). The molecule has 2 N–H and O–H groups in total. The van der Waals surface area contributed by atoms with Crippen LogP contribution in [-0.2, 0) is 9.59 Å². The summed E-state index contributed by atoms with van der Waals surface area (Å²) in [6, 6.07) is -0.655. The number of alkyl halides is 2. The number of hydrogen-bond donors (Lipinski definition) is 2. The Morgan fingerprint density at radius 1 is 1.27 bits per heavy atom. The summed E-state index contributed by atoms with van der Waals surface area (Å²) in [4.78, 5) is 21.5. The molecule has 2 unspecified atom stereocenters. The molecule has 0 aromatic carbocycles. The molecule has 4 nitrogen and oxygen atoms in total. The zero-order chi connectivity index (χ0) is 11.4. The maximum atomic E-state index is 12.0. The molecule has 0 bridgehead atoms. The molecule has 1 amide bonds. The molecule has 6 heteroatoms. The van der Waals surface area contributed by atoms with Gasteiger partial charge in [0.15, 0.2) is 0 Å². The number of carbonyl (C=O) groups excluding carboxylic acids is 1. The molecule has 1 aliphatic carbocycles.